The van der Waals surface area contributed by atoms with Crippen LogP contribution in [0.3, 0.4) is 0 Å². The normalized spacial score (nSPS) is 21.4. The van der Waals surface area contributed by atoms with Gasteiger partial charge in [-0.2, -0.15) is 0 Å². The number of nitrogens with zero attached hydrogens (tertiary/aromatic N) is 1. The molecule has 110 valence electrons. The van der Waals surface area contributed by atoms with E-state index in [2.05, 4.69) is 27.8 Å². The molecule has 1 aromatic rings. The minimum absolute atomic E-state index is 0.0664. The van der Waals surface area contributed by atoms with Crippen molar-refractivity contribution in [3.63, 3.8) is 0 Å². The number of carboxylic acids is 1. The predicted molar refractivity (Wildman–Crippen MR) is 81.1 cm³/mol. The first-order chi connectivity index (χ1) is 9.54. The van der Waals surface area contributed by atoms with Gasteiger partial charge in [-0.05, 0) is 44.0 Å². The largest absolute Gasteiger partial charge is 0.497 e. The van der Waals surface area contributed by atoms with Crippen LogP contribution >= 0.6 is 15.9 Å². The quantitative estimate of drug-likeness (QED) is 0.911. The molecule has 5 heteroatoms. The van der Waals surface area contributed by atoms with E-state index in [1.807, 2.05) is 18.2 Å². The lowest BCUT2D eigenvalue weighted by Gasteiger charge is -2.38. The van der Waals surface area contributed by atoms with E-state index in [0.717, 1.165) is 41.6 Å². The Morgan fingerprint density at radius 3 is 2.85 bits per heavy atom. The smallest absolute Gasteiger partial charge is 0.320 e. The van der Waals surface area contributed by atoms with Gasteiger partial charge in [-0.1, -0.05) is 28.4 Å². The van der Waals surface area contributed by atoms with Crippen LogP contribution in [0.4, 0.5) is 0 Å². The van der Waals surface area contributed by atoms with E-state index >= 15 is 0 Å². The van der Waals surface area contributed by atoms with Gasteiger partial charge in [0.2, 0.25) is 0 Å². The molecule has 0 amide bonds. The first-order valence-electron chi connectivity index (χ1n) is 6.86. The third-order valence-corrected chi connectivity index (χ3v) is 4.67. The first-order valence-corrected chi connectivity index (χ1v) is 7.66. The number of methoxy groups -OCH3 is 1. The molecular formula is C15H20BrNO3. The number of piperidine rings is 1. The van der Waals surface area contributed by atoms with Gasteiger partial charge in [-0.15, -0.1) is 0 Å². The highest BCUT2D eigenvalue weighted by Crippen LogP contribution is 2.34. The Balaban J connectivity index is 2.24. The van der Waals surface area contributed by atoms with Crippen LogP contribution in [-0.4, -0.2) is 35.7 Å². The van der Waals surface area contributed by atoms with Gasteiger partial charge in [0.25, 0.3) is 0 Å². The van der Waals surface area contributed by atoms with Crippen LogP contribution in [-0.2, 0) is 4.79 Å². The van der Waals surface area contributed by atoms with Crippen LogP contribution in [0.2, 0.25) is 0 Å². The van der Waals surface area contributed by atoms with E-state index < -0.39 is 5.97 Å². The predicted octanol–water partition coefficient (Wildman–Crippen LogP) is 3.46. The Bertz CT molecular complexity index is 492. The highest BCUT2D eigenvalue weighted by atomic mass is 79.9. The monoisotopic (exact) mass is 341 g/mol. The number of aliphatic carboxylic acids is 1. The van der Waals surface area contributed by atoms with E-state index in [4.69, 9.17) is 4.74 Å². The number of rotatable bonds is 4. The lowest BCUT2D eigenvalue weighted by atomic mass is 9.97. The van der Waals surface area contributed by atoms with E-state index in [-0.39, 0.29) is 12.1 Å². The zero-order valence-electron chi connectivity index (χ0n) is 11.8. The van der Waals surface area contributed by atoms with Crippen LogP contribution in [0.5, 0.6) is 5.75 Å². The molecule has 1 N–H and O–H groups in total. The van der Waals surface area contributed by atoms with Crippen molar-refractivity contribution in [2.75, 3.05) is 13.7 Å². The number of carbonyl (C=O) groups is 1. The minimum atomic E-state index is -0.721. The van der Waals surface area contributed by atoms with Gasteiger partial charge < -0.3 is 9.84 Å². The SMILES string of the molecule is COc1ccc(C(C)N2CCCCC2C(=O)O)c(Br)c1. The molecule has 4 nitrogen and oxygen atoms in total. The third kappa shape index (κ3) is 3.15. The van der Waals surface area contributed by atoms with Gasteiger partial charge in [0.15, 0.2) is 0 Å². The summed E-state index contributed by atoms with van der Waals surface area (Å²) in [4.78, 5) is 13.5. The molecule has 0 radical (unpaired) electrons. The highest BCUT2D eigenvalue weighted by molar-refractivity contribution is 9.10. The second kappa shape index (κ2) is 6.59. The Kier molecular flexibility index (Phi) is 5.05. The molecule has 0 bridgehead atoms. The molecule has 1 aliphatic heterocycles. The molecule has 0 aliphatic carbocycles. The van der Waals surface area contributed by atoms with E-state index in [0.29, 0.717) is 0 Å². The van der Waals surface area contributed by atoms with E-state index in [9.17, 15) is 9.90 Å². The third-order valence-electron chi connectivity index (χ3n) is 3.98. The average Bonchev–Trinajstić information content (AvgIpc) is 2.46. The van der Waals surface area contributed by atoms with Crippen molar-refractivity contribution in [2.24, 2.45) is 0 Å². The molecule has 1 aliphatic rings. The number of halogens is 1. The molecule has 0 aromatic heterocycles. The van der Waals surface area contributed by atoms with E-state index in [1.165, 1.54) is 0 Å². The van der Waals surface area contributed by atoms with Gasteiger partial charge >= 0.3 is 5.97 Å². The van der Waals surface area contributed by atoms with Gasteiger partial charge in [0.05, 0.1) is 7.11 Å². The summed E-state index contributed by atoms with van der Waals surface area (Å²) in [7, 11) is 1.63. The topological polar surface area (TPSA) is 49.8 Å². The number of carboxylic acid groups (broad SMARTS) is 1. The maximum atomic E-state index is 11.4. The van der Waals surface area contributed by atoms with Gasteiger partial charge in [-0.3, -0.25) is 9.69 Å². The summed E-state index contributed by atoms with van der Waals surface area (Å²) in [6.07, 6.45) is 2.78. The van der Waals surface area contributed by atoms with Crippen molar-refractivity contribution < 1.29 is 14.6 Å². The second-order valence-electron chi connectivity index (χ2n) is 5.15. The lowest BCUT2D eigenvalue weighted by Crippen LogP contribution is -2.45. The van der Waals surface area contributed by atoms with Crippen molar-refractivity contribution in [1.29, 1.82) is 0 Å². The van der Waals surface area contributed by atoms with Crippen LogP contribution < -0.4 is 4.74 Å². The van der Waals surface area contributed by atoms with Crippen molar-refractivity contribution >= 4 is 21.9 Å². The molecule has 20 heavy (non-hydrogen) atoms. The summed E-state index contributed by atoms with van der Waals surface area (Å²) < 4.78 is 6.15. The number of likely N-dealkylation sites (tertiary alicyclic amines) is 1. The van der Waals surface area contributed by atoms with Crippen molar-refractivity contribution in [3.8, 4) is 5.75 Å². The zero-order valence-corrected chi connectivity index (χ0v) is 13.4. The molecule has 1 aromatic carbocycles. The minimum Gasteiger partial charge on any atom is -0.497 e. The maximum Gasteiger partial charge on any atom is 0.320 e. The molecule has 0 saturated carbocycles. The van der Waals surface area contributed by atoms with Crippen LogP contribution in [0, 0.1) is 0 Å². The molecule has 1 heterocycles. The number of hydrogen-bond acceptors (Lipinski definition) is 3. The maximum absolute atomic E-state index is 11.4. The van der Waals surface area contributed by atoms with Crippen molar-refractivity contribution in [2.45, 2.75) is 38.3 Å². The molecule has 0 spiro atoms. The van der Waals surface area contributed by atoms with Crippen molar-refractivity contribution in [3.05, 3.63) is 28.2 Å². The number of hydrogen-bond donors (Lipinski definition) is 1. The fraction of sp³-hybridized carbons (Fsp3) is 0.533. The molecule has 1 fully saturated rings. The fourth-order valence-corrected chi connectivity index (χ4v) is 3.52. The molecular weight excluding hydrogens is 322 g/mol. The Labute approximate surface area is 127 Å². The summed E-state index contributed by atoms with van der Waals surface area (Å²) in [6, 6.07) is 5.52. The Morgan fingerprint density at radius 1 is 1.50 bits per heavy atom. The molecule has 2 unspecified atom stereocenters. The summed E-state index contributed by atoms with van der Waals surface area (Å²) in [5, 5.41) is 9.38. The summed E-state index contributed by atoms with van der Waals surface area (Å²) >= 11 is 3.56. The van der Waals surface area contributed by atoms with Crippen LogP contribution in [0.25, 0.3) is 0 Å². The zero-order chi connectivity index (χ0) is 14.7. The number of ether oxygens (including phenoxy) is 1. The second-order valence-corrected chi connectivity index (χ2v) is 6.01. The number of benzene rings is 1. The highest BCUT2D eigenvalue weighted by Gasteiger charge is 2.32. The lowest BCUT2D eigenvalue weighted by molar-refractivity contribution is -0.145. The van der Waals surface area contributed by atoms with Crippen molar-refractivity contribution in [1.82, 2.24) is 4.90 Å². The standard InChI is InChI=1S/C15H20BrNO3/c1-10(12-7-6-11(20-2)9-13(12)16)17-8-4-3-5-14(17)15(18)19/h6-7,9-10,14H,3-5,8H2,1-2H3,(H,18,19). The Morgan fingerprint density at radius 2 is 2.25 bits per heavy atom. The first kappa shape index (κ1) is 15.3. The molecule has 2 rings (SSSR count). The summed E-state index contributed by atoms with van der Waals surface area (Å²) in [5.41, 5.74) is 1.10. The molecule has 1 saturated heterocycles. The summed E-state index contributed by atoms with van der Waals surface area (Å²) in [6.45, 7) is 2.89. The Hall–Kier alpha value is -1.07. The van der Waals surface area contributed by atoms with Crippen LogP contribution in [0.1, 0.15) is 37.8 Å². The van der Waals surface area contributed by atoms with E-state index in [1.54, 1.807) is 7.11 Å². The summed E-state index contributed by atoms with van der Waals surface area (Å²) in [5.74, 6) is 0.0717. The fourth-order valence-electron chi connectivity index (χ4n) is 2.83. The van der Waals surface area contributed by atoms with Gasteiger partial charge in [0.1, 0.15) is 11.8 Å². The average molecular weight is 342 g/mol. The van der Waals surface area contributed by atoms with Gasteiger partial charge in [-0.25, -0.2) is 0 Å². The van der Waals surface area contributed by atoms with Crippen LogP contribution in [0.15, 0.2) is 22.7 Å². The molecule has 2 atom stereocenters. The van der Waals surface area contributed by atoms with Gasteiger partial charge in [0, 0.05) is 10.5 Å².